The monoisotopic (exact) mass is 336 g/mol. The van der Waals surface area contributed by atoms with Crippen molar-refractivity contribution in [2.45, 2.75) is 6.10 Å². The number of H-pyrrole nitrogens is 1. The second-order valence-corrected chi connectivity index (χ2v) is 5.64. The van der Waals surface area contributed by atoms with Gasteiger partial charge in [0.25, 0.3) is 0 Å². The van der Waals surface area contributed by atoms with E-state index in [9.17, 15) is 9.50 Å². The SMILES string of the molecule is OC(c1cc(Cl)cc(Cl)c1)c1ncc(-c2ccccc2F)[nH]1. The normalized spacial score (nSPS) is 12.4. The van der Waals surface area contributed by atoms with Gasteiger partial charge in [-0.2, -0.15) is 0 Å². The summed E-state index contributed by atoms with van der Waals surface area (Å²) in [6, 6.07) is 11.1. The molecule has 2 N–H and O–H groups in total. The number of aliphatic hydroxyl groups is 1. The number of hydrogen-bond donors (Lipinski definition) is 2. The first-order valence-corrected chi connectivity index (χ1v) is 7.24. The molecule has 0 bridgehead atoms. The minimum Gasteiger partial charge on any atom is -0.380 e. The summed E-state index contributed by atoms with van der Waals surface area (Å²) in [6.07, 6.45) is 0.445. The third-order valence-corrected chi connectivity index (χ3v) is 3.66. The van der Waals surface area contributed by atoms with Crippen LogP contribution in [0.2, 0.25) is 10.0 Å². The minimum absolute atomic E-state index is 0.289. The van der Waals surface area contributed by atoms with Crippen LogP contribution in [0.1, 0.15) is 17.5 Å². The maximum atomic E-state index is 13.8. The Bertz CT molecular complexity index is 799. The van der Waals surface area contributed by atoms with Crippen molar-refractivity contribution in [1.82, 2.24) is 9.97 Å². The first-order valence-electron chi connectivity index (χ1n) is 6.48. The molecule has 0 saturated carbocycles. The molecule has 22 heavy (non-hydrogen) atoms. The first kappa shape index (κ1) is 15.0. The Hall–Kier alpha value is -1.88. The van der Waals surface area contributed by atoms with Gasteiger partial charge in [0, 0.05) is 15.6 Å². The van der Waals surface area contributed by atoms with E-state index in [-0.39, 0.29) is 11.6 Å². The van der Waals surface area contributed by atoms with E-state index in [2.05, 4.69) is 9.97 Å². The summed E-state index contributed by atoms with van der Waals surface area (Å²) in [4.78, 5) is 7.03. The largest absolute Gasteiger partial charge is 0.380 e. The average Bonchev–Trinajstić information content (AvgIpc) is 2.95. The summed E-state index contributed by atoms with van der Waals surface area (Å²) in [5, 5.41) is 11.2. The number of halogens is 3. The molecule has 1 aromatic heterocycles. The maximum Gasteiger partial charge on any atom is 0.140 e. The third kappa shape index (κ3) is 2.99. The van der Waals surface area contributed by atoms with Gasteiger partial charge in [-0.15, -0.1) is 0 Å². The van der Waals surface area contributed by atoms with Gasteiger partial charge in [-0.1, -0.05) is 35.3 Å². The molecule has 0 saturated heterocycles. The highest BCUT2D eigenvalue weighted by Crippen LogP contribution is 2.28. The molecule has 112 valence electrons. The molecule has 0 radical (unpaired) electrons. The molecule has 0 aliphatic rings. The Morgan fingerprint density at radius 3 is 2.45 bits per heavy atom. The van der Waals surface area contributed by atoms with Crippen molar-refractivity contribution < 1.29 is 9.50 Å². The van der Waals surface area contributed by atoms with Gasteiger partial charge in [0.1, 0.15) is 17.7 Å². The molecule has 3 aromatic rings. The van der Waals surface area contributed by atoms with Crippen LogP contribution in [0.3, 0.4) is 0 Å². The van der Waals surface area contributed by atoms with Gasteiger partial charge in [0.05, 0.1) is 11.9 Å². The lowest BCUT2D eigenvalue weighted by molar-refractivity contribution is 0.211. The maximum absolute atomic E-state index is 13.8. The zero-order valence-electron chi connectivity index (χ0n) is 11.2. The number of aromatic amines is 1. The van der Waals surface area contributed by atoms with E-state index in [1.54, 1.807) is 36.4 Å². The Balaban J connectivity index is 1.95. The van der Waals surface area contributed by atoms with E-state index in [0.717, 1.165) is 0 Å². The number of nitrogens with one attached hydrogen (secondary N) is 1. The number of aliphatic hydroxyl groups excluding tert-OH is 1. The van der Waals surface area contributed by atoms with Gasteiger partial charge in [-0.05, 0) is 35.9 Å². The predicted molar refractivity (Wildman–Crippen MR) is 84.5 cm³/mol. The van der Waals surface area contributed by atoms with Crippen LogP contribution in [0.15, 0.2) is 48.7 Å². The molecule has 0 aliphatic carbocycles. The fourth-order valence-corrected chi connectivity index (χ4v) is 2.73. The van der Waals surface area contributed by atoms with Crippen LogP contribution in [0.5, 0.6) is 0 Å². The van der Waals surface area contributed by atoms with E-state index >= 15 is 0 Å². The van der Waals surface area contributed by atoms with Gasteiger partial charge < -0.3 is 10.1 Å². The summed E-state index contributed by atoms with van der Waals surface area (Å²) >= 11 is 11.9. The molecule has 0 aliphatic heterocycles. The smallest absolute Gasteiger partial charge is 0.140 e. The van der Waals surface area contributed by atoms with E-state index in [4.69, 9.17) is 23.2 Å². The fourth-order valence-electron chi connectivity index (χ4n) is 2.18. The number of rotatable bonds is 3. The minimum atomic E-state index is -1.03. The highest BCUT2D eigenvalue weighted by atomic mass is 35.5. The Morgan fingerprint density at radius 2 is 1.77 bits per heavy atom. The number of aromatic nitrogens is 2. The van der Waals surface area contributed by atoms with Crippen LogP contribution < -0.4 is 0 Å². The molecule has 2 aromatic carbocycles. The molecule has 0 amide bonds. The molecular formula is C16H11Cl2FN2O. The molecular weight excluding hydrogens is 326 g/mol. The van der Waals surface area contributed by atoms with Gasteiger partial charge in [0.2, 0.25) is 0 Å². The van der Waals surface area contributed by atoms with Crippen molar-refractivity contribution in [1.29, 1.82) is 0 Å². The summed E-state index contributed by atoms with van der Waals surface area (Å²) < 4.78 is 13.8. The lowest BCUT2D eigenvalue weighted by Crippen LogP contribution is -2.02. The summed E-state index contributed by atoms with van der Waals surface area (Å²) in [5.74, 6) is -0.0745. The molecule has 1 atom stereocenters. The first-order chi connectivity index (χ1) is 10.5. The van der Waals surface area contributed by atoms with Crippen LogP contribution in [-0.2, 0) is 0 Å². The van der Waals surface area contributed by atoms with Crippen molar-refractivity contribution in [3.8, 4) is 11.3 Å². The lowest BCUT2D eigenvalue weighted by atomic mass is 10.1. The molecule has 1 heterocycles. The van der Waals surface area contributed by atoms with E-state index in [1.807, 2.05) is 0 Å². The van der Waals surface area contributed by atoms with Crippen LogP contribution in [0.25, 0.3) is 11.3 Å². The zero-order valence-corrected chi connectivity index (χ0v) is 12.7. The molecule has 1 unspecified atom stereocenters. The summed E-state index contributed by atoms with van der Waals surface area (Å²) in [6.45, 7) is 0. The van der Waals surface area contributed by atoms with Gasteiger partial charge in [-0.25, -0.2) is 9.37 Å². The molecule has 3 nitrogen and oxygen atoms in total. The molecule has 3 rings (SSSR count). The lowest BCUT2D eigenvalue weighted by Gasteiger charge is -2.09. The zero-order chi connectivity index (χ0) is 15.7. The number of imidazole rings is 1. The highest BCUT2D eigenvalue weighted by molar-refractivity contribution is 6.34. The predicted octanol–water partition coefficient (Wildman–Crippen LogP) is 4.60. The molecule has 0 fully saturated rings. The summed E-state index contributed by atoms with van der Waals surface area (Å²) in [7, 11) is 0. The molecule has 6 heteroatoms. The van der Waals surface area contributed by atoms with Crippen molar-refractivity contribution in [2.24, 2.45) is 0 Å². The quantitative estimate of drug-likeness (QED) is 0.734. The van der Waals surface area contributed by atoms with E-state index in [1.165, 1.54) is 12.3 Å². The van der Waals surface area contributed by atoms with Gasteiger partial charge in [0.15, 0.2) is 0 Å². The second kappa shape index (κ2) is 6.08. The van der Waals surface area contributed by atoms with Gasteiger partial charge in [-0.3, -0.25) is 0 Å². The highest BCUT2D eigenvalue weighted by Gasteiger charge is 2.17. The standard InChI is InChI=1S/C16H11Cl2FN2O/c17-10-5-9(6-11(18)7-10)15(22)16-20-8-14(21-16)12-3-1-2-4-13(12)19/h1-8,15,22H,(H,20,21). The number of nitrogens with zero attached hydrogens (tertiary/aromatic N) is 1. The number of hydrogen-bond acceptors (Lipinski definition) is 2. The van der Waals surface area contributed by atoms with E-state index in [0.29, 0.717) is 26.9 Å². The Labute approximate surface area is 136 Å². The average molecular weight is 337 g/mol. The molecule has 0 spiro atoms. The topological polar surface area (TPSA) is 48.9 Å². The van der Waals surface area contributed by atoms with Gasteiger partial charge >= 0.3 is 0 Å². The fraction of sp³-hybridized carbons (Fsp3) is 0.0625. The Kier molecular flexibility index (Phi) is 4.16. The van der Waals surface area contributed by atoms with E-state index < -0.39 is 6.10 Å². The van der Waals surface area contributed by atoms with Crippen LogP contribution in [0, 0.1) is 5.82 Å². The van der Waals surface area contributed by atoms with Crippen molar-refractivity contribution >= 4 is 23.2 Å². The third-order valence-electron chi connectivity index (χ3n) is 3.22. The second-order valence-electron chi connectivity index (χ2n) is 4.77. The van der Waals surface area contributed by atoms with Crippen molar-refractivity contribution in [3.05, 3.63) is 75.9 Å². The van der Waals surface area contributed by atoms with Crippen molar-refractivity contribution in [2.75, 3.05) is 0 Å². The van der Waals surface area contributed by atoms with Crippen molar-refractivity contribution in [3.63, 3.8) is 0 Å². The Morgan fingerprint density at radius 1 is 1.09 bits per heavy atom. The van der Waals surface area contributed by atoms with Crippen LogP contribution in [0.4, 0.5) is 4.39 Å². The number of benzene rings is 2. The van der Waals surface area contributed by atoms with Crippen LogP contribution in [-0.4, -0.2) is 15.1 Å². The van der Waals surface area contributed by atoms with Crippen LogP contribution >= 0.6 is 23.2 Å². The summed E-state index contributed by atoms with van der Waals surface area (Å²) in [5.41, 5.74) is 1.38.